The van der Waals surface area contributed by atoms with E-state index >= 15 is 0 Å². The topological polar surface area (TPSA) is 69.5 Å². The lowest BCUT2D eigenvalue weighted by atomic mass is 10.00. The third kappa shape index (κ3) is 5.98. The third-order valence-electron chi connectivity index (χ3n) is 6.61. The van der Waals surface area contributed by atoms with Gasteiger partial charge in [-0.15, -0.1) is 0 Å². The van der Waals surface area contributed by atoms with Gasteiger partial charge in [0.2, 0.25) is 0 Å². The van der Waals surface area contributed by atoms with Gasteiger partial charge in [-0.25, -0.2) is 9.67 Å². The number of rotatable bonds is 9. The van der Waals surface area contributed by atoms with Crippen LogP contribution in [0.3, 0.4) is 0 Å². The largest absolute Gasteiger partial charge is 0.378 e. The van der Waals surface area contributed by atoms with Crippen molar-refractivity contribution < 1.29 is 14.3 Å². The molecular formula is C29H34N4O3Si. The molecule has 192 valence electrons. The summed E-state index contributed by atoms with van der Waals surface area (Å²) in [5, 5.41) is 5.90. The molecule has 1 aliphatic heterocycles. The fraction of sp³-hybridized carbons (Fsp3) is 0.345. The minimum atomic E-state index is -1.18. The predicted octanol–water partition coefficient (Wildman–Crippen LogP) is 5.48. The Kier molecular flexibility index (Phi) is 7.50. The van der Waals surface area contributed by atoms with Gasteiger partial charge in [-0.2, -0.15) is 5.10 Å². The van der Waals surface area contributed by atoms with Gasteiger partial charge >= 0.3 is 0 Å². The van der Waals surface area contributed by atoms with E-state index in [9.17, 15) is 4.79 Å². The van der Waals surface area contributed by atoms with E-state index < -0.39 is 8.07 Å². The van der Waals surface area contributed by atoms with Gasteiger partial charge in [-0.05, 0) is 36.4 Å². The van der Waals surface area contributed by atoms with Gasteiger partial charge in [0.1, 0.15) is 18.2 Å². The predicted molar refractivity (Wildman–Crippen MR) is 150 cm³/mol. The molecule has 0 aliphatic carbocycles. The molecule has 7 nitrogen and oxygen atoms in total. The van der Waals surface area contributed by atoms with Crippen LogP contribution in [-0.4, -0.2) is 61.5 Å². The van der Waals surface area contributed by atoms with Crippen molar-refractivity contribution in [3.8, 4) is 11.3 Å². The van der Waals surface area contributed by atoms with E-state index in [0.717, 1.165) is 47.1 Å². The number of aromatic nitrogens is 3. The molecule has 37 heavy (non-hydrogen) atoms. The number of anilines is 1. The van der Waals surface area contributed by atoms with Crippen molar-refractivity contribution in [3.63, 3.8) is 0 Å². The number of ketones is 1. The molecule has 0 saturated carbocycles. The number of hydrogen-bond donors (Lipinski definition) is 0. The minimum Gasteiger partial charge on any atom is -0.378 e. The average Bonchev–Trinajstić information content (AvgIpc) is 3.29. The second-order valence-corrected chi connectivity index (χ2v) is 16.2. The molecule has 2 aromatic heterocycles. The van der Waals surface area contributed by atoms with Crippen molar-refractivity contribution in [1.82, 2.24) is 14.8 Å². The maximum Gasteiger partial charge on any atom is 0.193 e. The van der Waals surface area contributed by atoms with Crippen molar-refractivity contribution in [2.45, 2.75) is 32.4 Å². The van der Waals surface area contributed by atoms with E-state index in [1.54, 1.807) is 0 Å². The van der Waals surface area contributed by atoms with E-state index in [0.29, 0.717) is 37.7 Å². The Morgan fingerprint density at radius 2 is 1.78 bits per heavy atom. The number of fused-ring (bicyclic) bond motifs is 1. The summed E-state index contributed by atoms with van der Waals surface area (Å²) in [5.41, 5.74) is 4.04. The van der Waals surface area contributed by atoms with Crippen LogP contribution in [0, 0.1) is 0 Å². The highest BCUT2D eigenvalue weighted by atomic mass is 28.3. The van der Waals surface area contributed by atoms with Gasteiger partial charge in [-0.3, -0.25) is 4.79 Å². The molecule has 0 unspecified atom stereocenters. The number of morpholine rings is 1. The standard InChI is InChI=1S/C29H34N4O3Si/c1-37(2,3)18-17-36-21-33-26-10-9-24(29(34)22-7-5-4-6-8-22)19-25(26)28(31-33)23-11-12-30-27(20-23)32-13-15-35-16-14-32/h4-12,19-20H,13-18,21H2,1-3H3. The number of benzene rings is 2. The van der Waals surface area contributed by atoms with Gasteiger partial charge in [0, 0.05) is 56.0 Å². The quantitative estimate of drug-likeness (QED) is 0.167. The lowest BCUT2D eigenvalue weighted by Gasteiger charge is -2.27. The summed E-state index contributed by atoms with van der Waals surface area (Å²) >= 11 is 0. The lowest BCUT2D eigenvalue weighted by Crippen LogP contribution is -2.36. The second kappa shape index (κ2) is 11.0. The normalized spacial score (nSPS) is 14.3. The van der Waals surface area contributed by atoms with Crippen LogP contribution in [0.15, 0.2) is 66.9 Å². The molecule has 1 saturated heterocycles. The fourth-order valence-corrected chi connectivity index (χ4v) is 5.21. The maximum absolute atomic E-state index is 13.2. The van der Waals surface area contributed by atoms with Gasteiger partial charge in [-0.1, -0.05) is 50.0 Å². The van der Waals surface area contributed by atoms with Gasteiger partial charge in [0.15, 0.2) is 5.78 Å². The van der Waals surface area contributed by atoms with Crippen LogP contribution in [0.5, 0.6) is 0 Å². The molecule has 8 heteroatoms. The molecule has 1 aliphatic rings. The molecule has 0 amide bonds. The molecule has 0 bridgehead atoms. The number of pyridine rings is 1. The molecule has 4 aromatic rings. The summed E-state index contributed by atoms with van der Waals surface area (Å²) in [5.74, 6) is 0.905. The summed E-state index contributed by atoms with van der Waals surface area (Å²) in [7, 11) is -1.18. The van der Waals surface area contributed by atoms with Crippen LogP contribution < -0.4 is 4.90 Å². The van der Waals surface area contributed by atoms with Crippen LogP contribution in [0.1, 0.15) is 15.9 Å². The Morgan fingerprint density at radius 1 is 1.00 bits per heavy atom. The first-order valence-electron chi connectivity index (χ1n) is 12.9. The highest BCUT2D eigenvalue weighted by Crippen LogP contribution is 2.31. The van der Waals surface area contributed by atoms with Crippen molar-refractivity contribution in [1.29, 1.82) is 0 Å². The molecular weight excluding hydrogens is 480 g/mol. The highest BCUT2D eigenvalue weighted by molar-refractivity contribution is 6.76. The highest BCUT2D eigenvalue weighted by Gasteiger charge is 2.19. The Labute approximate surface area is 219 Å². The van der Waals surface area contributed by atoms with E-state index in [1.165, 1.54) is 0 Å². The van der Waals surface area contributed by atoms with Crippen molar-refractivity contribution >= 4 is 30.6 Å². The SMILES string of the molecule is C[Si](C)(C)CCOCn1nc(-c2ccnc(N3CCOCC3)c2)c2cc(C(=O)c3ccccc3)ccc21. The zero-order valence-corrected chi connectivity index (χ0v) is 22.8. The molecule has 2 aromatic carbocycles. The van der Waals surface area contributed by atoms with Crippen LogP contribution in [0.25, 0.3) is 22.2 Å². The minimum absolute atomic E-state index is 0.00341. The van der Waals surface area contributed by atoms with Crippen molar-refractivity contribution in [2.24, 2.45) is 0 Å². The van der Waals surface area contributed by atoms with Crippen LogP contribution >= 0.6 is 0 Å². The molecule has 0 N–H and O–H groups in total. The number of ether oxygens (including phenoxy) is 2. The molecule has 0 atom stereocenters. The van der Waals surface area contributed by atoms with E-state index in [-0.39, 0.29) is 5.78 Å². The zero-order chi connectivity index (χ0) is 25.8. The molecule has 1 fully saturated rings. The van der Waals surface area contributed by atoms with Gasteiger partial charge < -0.3 is 14.4 Å². The Hall–Kier alpha value is -3.33. The lowest BCUT2D eigenvalue weighted by molar-refractivity contribution is 0.0818. The van der Waals surface area contributed by atoms with Crippen molar-refractivity contribution in [3.05, 3.63) is 78.0 Å². The smallest absolute Gasteiger partial charge is 0.193 e. The Bertz CT molecular complexity index is 1380. The Balaban J connectivity index is 1.52. The third-order valence-corrected chi connectivity index (χ3v) is 8.32. The van der Waals surface area contributed by atoms with Crippen LogP contribution in [0.4, 0.5) is 5.82 Å². The van der Waals surface area contributed by atoms with E-state index in [4.69, 9.17) is 14.6 Å². The van der Waals surface area contributed by atoms with Crippen LogP contribution in [0.2, 0.25) is 25.7 Å². The molecule has 3 heterocycles. The summed E-state index contributed by atoms with van der Waals surface area (Å²) in [6.07, 6.45) is 1.83. The zero-order valence-electron chi connectivity index (χ0n) is 21.8. The second-order valence-electron chi connectivity index (χ2n) is 10.6. The summed E-state index contributed by atoms with van der Waals surface area (Å²) in [4.78, 5) is 20.1. The first-order chi connectivity index (χ1) is 17.9. The summed E-state index contributed by atoms with van der Waals surface area (Å²) in [6, 6.07) is 20.4. The molecule has 0 spiro atoms. The first kappa shape index (κ1) is 25.3. The first-order valence-corrected chi connectivity index (χ1v) is 16.6. The van der Waals surface area contributed by atoms with E-state index in [1.807, 2.05) is 65.5 Å². The number of carbonyl (C=O) groups is 1. The summed E-state index contributed by atoms with van der Waals surface area (Å²) < 4.78 is 13.5. The summed E-state index contributed by atoms with van der Waals surface area (Å²) in [6.45, 7) is 11.1. The molecule has 5 rings (SSSR count). The number of hydrogen-bond acceptors (Lipinski definition) is 6. The van der Waals surface area contributed by atoms with Crippen molar-refractivity contribution in [2.75, 3.05) is 37.8 Å². The Morgan fingerprint density at radius 3 is 2.54 bits per heavy atom. The van der Waals surface area contributed by atoms with Gasteiger partial charge in [0.25, 0.3) is 0 Å². The van der Waals surface area contributed by atoms with Crippen LogP contribution in [-0.2, 0) is 16.2 Å². The average molecular weight is 515 g/mol. The number of nitrogens with zero attached hydrogens (tertiary/aromatic N) is 4. The number of carbonyl (C=O) groups excluding carboxylic acids is 1. The monoisotopic (exact) mass is 514 g/mol. The van der Waals surface area contributed by atoms with E-state index in [2.05, 4.69) is 35.6 Å². The van der Waals surface area contributed by atoms with Gasteiger partial charge in [0.05, 0.1) is 18.7 Å². The fourth-order valence-electron chi connectivity index (χ4n) is 4.45. The molecule has 0 radical (unpaired) electrons. The maximum atomic E-state index is 13.2.